The first-order chi connectivity index (χ1) is 23.8. The van der Waals surface area contributed by atoms with E-state index in [1.54, 1.807) is 0 Å². The number of hydrogen-bond donors (Lipinski definition) is 0. The number of nitrogens with zero attached hydrogens (tertiary/aromatic N) is 2. The minimum atomic E-state index is 0.143. The summed E-state index contributed by atoms with van der Waals surface area (Å²) in [6.07, 6.45) is 18.0. The van der Waals surface area contributed by atoms with Crippen molar-refractivity contribution in [3.63, 3.8) is 0 Å². The molecule has 1 aliphatic heterocycles. The number of pyridine rings is 1. The summed E-state index contributed by atoms with van der Waals surface area (Å²) in [5.74, 6) is 4.27. The molecule has 2 aromatic heterocycles. The molecule has 232 valence electrons. The van der Waals surface area contributed by atoms with E-state index in [1.165, 1.54) is 68.5 Å². The fourth-order valence-electron chi connectivity index (χ4n) is 9.06. The first-order valence-corrected chi connectivity index (χ1v) is 17.4. The summed E-state index contributed by atoms with van der Waals surface area (Å²) in [5.41, 5.74) is 12.8. The Balaban J connectivity index is 1.14. The Hall–Kier alpha value is -5.41. The van der Waals surface area contributed by atoms with Gasteiger partial charge in [0.2, 0.25) is 0 Å². The van der Waals surface area contributed by atoms with Gasteiger partial charge in [0.1, 0.15) is 5.39 Å². The van der Waals surface area contributed by atoms with Gasteiger partial charge in [-0.2, -0.15) is 0 Å². The van der Waals surface area contributed by atoms with Crippen LogP contribution in [-0.2, 0) is 12.8 Å². The molecule has 3 nitrogen and oxygen atoms in total. The lowest BCUT2D eigenvalue weighted by molar-refractivity contribution is 0.191. The second-order valence-electron chi connectivity index (χ2n) is 13.8. The van der Waals surface area contributed by atoms with Crippen LogP contribution in [0.25, 0.3) is 28.2 Å². The Morgan fingerprint density at radius 2 is 1.58 bits per heavy atom. The maximum atomic E-state index is 5.50. The lowest BCUT2D eigenvalue weighted by atomic mass is 9.80. The second kappa shape index (κ2) is 11.1. The monoisotopic (exact) mass is 621 g/mol. The molecule has 0 saturated heterocycles. The molecule has 3 heteroatoms. The van der Waals surface area contributed by atoms with E-state index in [1.807, 2.05) is 12.3 Å². The summed E-state index contributed by atoms with van der Waals surface area (Å²) < 4.78 is 7.98. The van der Waals surface area contributed by atoms with Crippen LogP contribution in [0.4, 0.5) is 0 Å². The van der Waals surface area contributed by atoms with Crippen molar-refractivity contribution in [2.24, 2.45) is 11.8 Å². The van der Waals surface area contributed by atoms with Gasteiger partial charge in [0.15, 0.2) is 0 Å². The Morgan fingerprint density at radius 3 is 2.44 bits per heavy atom. The second-order valence-corrected chi connectivity index (χ2v) is 13.8. The van der Waals surface area contributed by atoms with Gasteiger partial charge in [0, 0.05) is 53.7 Å². The molecule has 4 unspecified atom stereocenters. The van der Waals surface area contributed by atoms with Crippen molar-refractivity contribution in [3.8, 4) is 17.2 Å². The molecule has 0 radical (unpaired) electrons. The van der Waals surface area contributed by atoms with Gasteiger partial charge in [0.25, 0.3) is 11.5 Å². The van der Waals surface area contributed by atoms with Gasteiger partial charge >= 0.3 is 0 Å². The lowest BCUT2D eigenvalue weighted by Gasteiger charge is -2.26. The van der Waals surface area contributed by atoms with Crippen molar-refractivity contribution < 1.29 is 4.74 Å². The van der Waals surface area contributed by atoms with E-state index in [2.05, 4.69) is 138 Å². The molecular formula is C45H37N2O+. The minimum absolute atomic E-state index is 0.143. The normalized spacial score (nSPS) is 22.0. The predicted molar refractivity (Wildman–Crippen MR) is 196 cm³/mol. The highest BCUT2D eigenvalue weighted by Crippen LogP contribution is 2.52. The molecule has 1 N–H and O–H groups in total. The molecule has 4 aliphatic rings. The van der Waals surface area contributed by atoms with E-state index in [0.29, 0.717) is 17.8 Å². The van der Waals surface area contributed by atoms with Crippen LogP contribution >= 0.6 is 0 Å². The first-order valence-electron chi connectivity index (χ1n) is 17.4. The molecule has 4 aromatic carbocycles. The third-order valence-electron chi connectivity index (χ3n) is 11.3. The van der Waals surface area contributed by atoms with Crippen molar-refractivity contribution in [1.82, 2.24) is 9.55 Å². The standard InChI is InChI=1S/C45H36N2O/c1-3-11-29(12-4-1)37-27-39-42(28-38(37)40-17-9-10-24-46-40)47(34-14-5-2-6-15-34)41-22-19-32-26-33-25-31(20-23-43(33)48-45(32)44(39)41)36-21-18-30-13-7-8-16-35(30)36/h1-17,19-20,22-25,27,30,35-36,38H,18,21,26,28H2/p+1. The van der Waals surface area contributed by atoms with Gasteiger partial charge in [-0.05, 0) is 102 Å². The van der Waals surface area contributed by atoms with E-state index in [0.717, 1.165) is 30.0 Å². The quantitative estimate of drug-likeness (QED) is 0.180. The number of allylic oxidation sites excluding steroid dienone is 5. The molecule has 1 fully saturated rings. The van der Waals surface area contributed by atoms with Crippen LogP contribution in [0.3, 0.4) is 0 Å². The highest BCUT2D eigenvalue weighted by Gasteiger charge is 2.37. The number of para-hydroxylation sites is 1. The van der Waals surface area contributed by atoms with E-state index in [4.69, 9.17) is 9.72 Å². The summed E-state index contributed by atoms with van der Waals surface area (Å²) in [5, 5.41) is 1.26. The lowest BCUT2D eigenvalue weighted by Crippen LogP contribution is -2.15. The van der Waals surface area contributed by atoms with Gasteiger partial charge in [-0.1, -0.05) is 78.9 Å². The topological polar surface area (TPSA) is 30.6 Å². The zero-order chi connectivity index (χ0) is 31.6. The highest BCUT2D eigenvalue weighted by atomic mass is 16.5. The number of fused-ring (bicyclic) bond motifs is 7. The van der Waals surface area contributed by atoms with E-state index >= 15 is 0 Å². The largest absolute Gasteiger partial charge is 0.545 e. The van der Waals surface area contributed by atoms with Crippen molar-refractivity contribution in [1.29, 1.82) is 0 Å². The predicted octanol–water partition coefficient (Wildman–Crippen LogP) is 10.7. The Morgan fingerprint density at radius 1 is 0.750 bits per heavy atom. The molecule has 3 aliphatic carbocycles. The number of rotatable bonds is 4. The van der Waals surface area contributed by atoms with Crippen LogP contribution in [0.1, 0.15) is 63.9 Å². The fraction of sp³-hybridized carbons (Fsp3) is 0.178. The summed E-state index contributed by atoms with van der Waals surface area (Å²) in [6.45, 7) is 0. The third kappa shape index (κ3) is 4.37. The highest BCUT2D eigenvalue weighted by molar-refractivity contribution is 6.03. The van der Waals surface area contributed by atoms with Gasteiger partial charge in [0.05, 0.1) is 16.6 Å². The molecule has 1 saturated carbocycles. The molecular weight excluding hydrogens is 585 g/mol. The molecule has 0 bridgehead atoms. The number of hydrogen-bond acceptors (Lipinski definition) is 1. The average Bonchev–Trinajstić information content (AvgIpc) is 3.74. The molecule has 10 rings (SSSR count). The van der Waals surface area contributed by atoms with Crippen molar-refractivity contribution >= 4 is 22.6 Å². The van der Waals surface area contributed by atoms with Gasteiger partial charge in [-0.25, -0.2) is 0 Å². The molecule has 3 heterocycles. The Kier molecular flexibility index (Phi) is 6.40. The maximum absolute atomic E-state index is 5.50. The van der Waals surface area contributed by atoms with E-state index in [-0.39, 0.29) is 5.92 Å². The Bertz CT molecular complexity index is 2280. The number of benzene rings is 4. The van der Waals surface area contributed by atoms with Crippen LogP contribution in [0.15, 0.2) is 140 Å². The molecule has 4 atom stereocenters. The number of aromatic hydroxyl groups is 2. The zero-order valence-corrected chi connectivity index (χ0v) is 26.8. The molecule has 48 heavy (non-hydrogen) atoms. The fourth-order valence-corrected chi connectivity index (χ4v) is 9.06. The van der Waals surface area contributed by atoms with Crippen LogP contribution < -0.4 is 0 Å². The van der Waals surface area contributed by atoms with Gasteiger partial charge in [-0.3, -0.25) is 4.98 Å². The number of ether oxygens (including phenoxy) is 1. The van der Waals surface area contributed by atoms with E-state index in [9.17, 15) is 0 Å². The smallest absolute Gasteiger partial charge is 0.274 e. The van der Waals surface area contributed by atoms with Crippen molar-refractivity contribution in [3.05, 3.63) is 179 Å². The number of aromatic nitrogens is 2. The van der Waals surface area contributed by atoms with Crippen LogP contribution in [-0.4, -0.2) is 14.3 Å². The maximum Gasteiger partial charge on any atom is 0.274 e. The van der Waals surface area contributed by atoms with Crippen LogP contribution in [0.2, 0.25) is 0 Å². The summed E-state index contributed by atoms with van der Waals surface area (Å²) in [7, 11) is 0. The average molecular weight is 622 g/mol. The van der Waals surface area contributed by atoms with E-state index < -0.39 is 0 Å². The van der Waals surface area contributed by atoms with Gasteiger partial charge in [-0.15, -0.1) is 0 Å². The molecule has 6 aromatic rings. The molecule has 0 amide bonds. The Labute approximate surface area is 281 Å². The summed E-state index contributed by atoms with van der Waals surface area (Å²) in [6, 6.07) is 39.8. The minimum Gasteiger partial charge on any atom is -0.545 e. The summed E-state index contributed by atoms with van der Waals surface area (Å²) >= 11 is 0. The molecule has 0 spiro atoms. The zero-order valence-electron chi connectivity index (χ0n) is 26.8. The van der Waals surface area contributed by atoms with Crippen molar-refractivity contribution in [2.45, 2.75) is 37.5 Å². The summed E-state index contributed by atoms with van der Waals surface area (Å²) in [4.78, 5) is 4.88. The van der Waals surface area contributed by atoms with Gasteiger partial charge < -0.3 is 9.30 Å². The van der Waals surface area contributed by atoms with Crippen LogP contribution in [0.5, 0.6) is 11.5 Å². The third-order valence-corrected chi connectivity index (χ3v) is 11.3. The van der Waals surface area contributed by atoms with Crippen molar-refractivity contribution in [2.75, 3.05) is 0 Å². The first kappa shape index (κ1) is 27.7. The van der Waals surface area contributed by atoms with Crippen LogP contribution in [0, 0.1) is 11.8 Å². The SMILES string of the molecule is C1=CC2CCC(c3ccc4c(c3)Cc3ccc5c(c6c(n5-c5ccccc5)CC(c5ccccn5)C(c5ccccc5)=C6)c3[OH+]4)C2C=C1.